The van der Waals surface area contributed by atoms with Gasteiger partial charge in [0.05, 0.1) is 12.1 Å². The van der Waals surface area contributed by atoms with Gasteiger partial charge >= 0.3 is 5.97 Å². The average molecular weight is 267 g/mol. The van der Waals surface area contributed by atoms with Gasteiger partial charge in [0.25, 0.3) is 0 Å². The molecule has 2 rings (SSSR count). The number of carboxylic acids is 1. The monoisotopic (exact) mass is 267 g/mol. The highest BCUT2D eigenvalue weighted by Crippen LogP contribution is 2.22. The van der Waals surface area contributed by atoms with Crippen LogP contribution in [0.25, 0.3) is 0 Å². The van der Waals surface area contributed by atoms with Crippen LogP contribution in [0.1, 0.15) is 21.9 Å². The van der Waals surface area contributed by atoms with Gasteiger partial charge in [0.15, 0.2) is 0 Å². The Labute approximate surface area is 107 Å². The van der Waals surface area contributed by atoms with Crippen LogP contribution < -0.4 is 5.32 Å². The molecule has 2 N–H and O–H groups in total. The second kappa shape index (κ2) is 5.09. The summed E-state index contributed by atoms with van der Waals surface area (Å²) in [5, 5.41) is 11.2. The Balaban J connectivity index is 2.18. The molecule has 1 aromatic heterocycles. The molecule has 19 heavy (non-hydrogen) atoms. The first-order valence-electron chi connectivity index (χ1n) is 5.49. The van der Waals surface area contributed by atoms with Crippen LogP contribution in [0.15, 0.2) is 28.7 Å². The van der Waals surface area contributed by atoms with Gasteiger partial charge in [0.2, 0.25) is 0 Å². The summed E-state index contributed by atoms with van der Waals surface area (Å²) in [4.78, 5) is 10.6. The third-order valence-electron chi connectivity index (χ3n) is 2.52. The molecule has 0 atom stereocenters. The third kappa shape index (κ3) is 2.90. The predicted octanol–water partition coefficient (Wildman–Crippen LogP) is 3.18. The van der Waals surface area contributed by atoms with Crippen molar-refractivity contribution in [3.63, 3.8) is 0 Å². The van der Waals surface area contributed by atoms with Gasteiger partial charge in [-0.3, -0.25) is 0 Å². The maximum atomic E-state index is 13.6. The Bertz CT molecular complexity index is 599. The van der Waals surface area contributed by atoms with E-state index in [9.17, 15) is 13.6 Å². The van der Waals surface area contributed by atoms with Crippen LogP contribution in [-0.2, 0) is 6.54 Å². The van der Waals surface area contributed by atoms with Crippen LogP contribution in [0.5, 0.6) is 0 Å². The number of benzene rings is 1. The smallest absolute Gasteiger partial charge is 0.335 e. The van der Waals surface area contributed by atoms with Crippen LogP contribution in [0.4, 0.5) is 14.5 Å². The topological polar surface area (TPSA) is 62.5 Å². The predicted molar refractivity (Wildman–Crippen MR) is 64.1 cm³/mol. The van der Waals surface area contributed by atoms with Gasteiger partial charge in [-0.25, -0.2) is 13.6 Å². The van der Waals surface area contributed by atoms with E-state index in [-0.39, 0.29) is 12.2 Å². The number of halogens is 2. The number of aryl methyl sites for hydroxylation is 1. The quantitative estimate of drug-likeness (QED) is 0.893. The molecule has 0 amide bonds. The first-order chi connectivity index (χ1) is 8.97. The van der Waals surface area contributed by atoms with Gasteiger partial charge in [-0.1, -0.05) is 0 Å². The van der Waals surface area contributed by atoms with Gasteiger partial charge in [0.1, 0.15) is 28.8 Å². The van der Waals surface area contributed by atoms with E-state index in [4.69, 9.17) is 9.52 Å². The van der Waals surface area contributed by atoms with Gasteiger partial charge in [-0.15, -0.1) is 0 Å². The molecule has 4 nitrogen and oxygen atoms in total. The van der Waals surface area contributed by atoms with Crippen LogP contribution in [-0.4, -0.2) is 11.1 Å². The van der Waals surface area contributed by atoms with Crippen molar-refractivity contribution < 1.29 is 23.1 Å². The molecule has 0 aliphatic rings. The van der Waals surface area contributed by atoms with E-state index >= 15 is 0 Å². The summed E-state index contributed by atoms with van der Waals surface area (Å²) in [6.45, 7) is 1.86. The minimum Gasteiger partial charge on any atom is -0.478 e. The Hall–Kier alpha value is -2.37. The molecule has 0 saturated carbocycles. The molecule has 0 spiro atoms. The highest BCUT2D eigenvalue weighted by atomic mass is 19.1. The summed E-state index contributed by atoms with van der Waals surface area (Å²) in [5.41, 5.74) is -0.812. The first kappa shape index (κ1) is 13.1. The zero-order chi connectivity index (χ0) is 14.0. The molecule has 1 heterocycles. The van der Waals surface area contributed by atoms with E-state index in [0.717, 1.165) is 12.1 Å². The van der Waals surface area contributed by atoms with E-state index < -0.39 is 23.2 Å². The molecule has 1 aromatic carbocycles. The van der Waals surface area contributed by atoms with Crippen LogP contribution in [0.3, 0.4) is 0 Å². The number of aromatic carboxylic acids is 1. The van der Waals surface area contributed by atoms with Crippen molar-refractivity contribution in [3.05, 3.63) is 53.0 Å². The second-order valence-electron chi connectivity index (χ2n) is 3.99. The van der Waals surface area contributed by atoms with Crippen molar-refractivity contribution in [2.75, 3.05) is 5.32 Å². The summed E-state index contributed by atoms with van der Waals surface area (Å²) in [7, 11) is 0. The zero-order valence-electron chi connectivity index (χ0n) is 10.0. The fourth-order valence-electron chi connectivity index (χ4n) is 1.62. The van der Waals surface area contributed by atoms with Crippen LogP contribution in [0.2, 0.25) is 0 Å². The van der Waals surface area contributed by atoms with Crippen LogP contribution in [0, 0.1) is 18.6 Å². The lowest BCUT2D eigenvalue weighted by molar-refractivity contribution is 0.0696. The van der Waals surface area contributed by atoms with E-state index in [1.165, 1.54) is 0 Å². The normalized spacial score (nSPS) is 10.5. The number of carbonyl (C=O) groups is 1. The van der Waals surface area contributed by atoms with E-state index in [1.807, 2.05) is 0 Å². The van der Waals surface area contributed by atoms with Crippen molar-refractivity contribution in [1.82, 2.24) is 0 Å². The standard InChI is InChI=1S/C13H11F2NO3/c1-7-2-3-9(19-7)6-16-12-10(14)4-8(13(17)18)5-11(12)15/h2-5,16H,6H2,1H3,(H,17,18). The molecular formula is C13H11F2NO3. The maximum Gasteiger partial charge on any atom is 0.335 e. The summed E-state index contributed by atoms with van der Waals surface area (Å²) in [5.74, 6) is -2.08. The fourth-order valence-corrected chi connectivity index (χ4v) is 1.62. The summed E-state index contributed by atoms with van der Waals surface area (Å²) in [6, 6.07) is 4.95. The molecule has 2 aromatic rings. The van der Waals surface area contributed by atoms with Gasteiger partial charge in [0, 0.05) is 0 Å². The first-order valence-corrected chi connectivity index (χ1v) is 5.49. The fraction of sp³-hybridized carbons (Fsp3) is 0.154. The number of anilines is 1. The molecule has 0 radical (unpaired) electrons. The largest absolute Gasteiger partial charge is 0.478 e. The summed E-state index contributed by atoms with van der Waals surface area (Å²) in [6.07, 6.45) is 0. The third-order valence-corrected chi connectivity index (χ3v) is 2.52. The highest BCUT2D eigenvalue weighted by Gasteiger charge is 2.14. The van der Waals surface area contributed by atoms with Crippen molar-refractivity contribution in [1.29, 1.82) is 0 Å². The Morgan fingerprint density at radius 2 is 1.95 bits per heavy atom. The SMILES string of the molecule is Cc1ccc(CNc2c(F)cc(C(=O)O)cc2F)o1. The van der Waals surface area contributed by atoms with Gasteiger partial charge in [-0.05, 0) is 31.2 Å². The number of nitrogens with one attached hydrogen (secondary N) is 1. The number of hydrogen-bond acceptors (Lipinski definition) is 3. The Kier molecular flexibility index (Phi) is 3.50. The number of carboxylic acid groups (broad SMARTS) is 1. The second-order valence-corrected chi connectivity index (χ2v) is 3.99. The molecule has 0 aliphatic heterocycles. The molecular weight excluding hydrogens is 256 g/mol. The van der Waals surface area contributed by atoms with E-state index in [0.29, 0.717) is 11.5 Å². The Morgan fingerprint density at radius 1 is 1.32 bits per heavy atom. The minimum absolute atomic E-state index is 0.105. The van der Waals surface area contributed by atoms with Crippen molar-refractivity contribution in [3.8, 4) is 0 Å². The molecule has 0 fully saturated rings. The average Bonchev–Trinajstić information content (AvgIpc) is 2.73. The highest BCUT2D eigenvalue weighted by molar-refractivity contribution is 5.88. The van der Waals surface area contributed by atoms with Gasteiger partial charge < -0.3 is 14.8 Å². The maximum absolute atomic E-state index is 13.6. The minimum atomic E-state index is -1.38. The van der Waals surface area contributed by atoms with Crippen molar-refractivity contribution >= 4 is 11.7 Å². The lowest BCUT2D eigenvalue weighted by Crippen LogP contribution is -2.06. The lowest BCUT2D eigenvalue weighted by atomic mass is 10.2. The molecule has 0 unspecified atom stereocenters. The van der Waals surface area contributed by atoms with Crippen molar-refractivity contribution in [2.24, 2.45) is 0 Å². The lowest BCUT2D eigenvalue weighted by Gasteiger charge is -2.08. The summed E-state index contributed by atoms with van der Waals surface area (Å²) >= 11 is 0. The molecule has 0 aliphatic carbocycles. The molecule has 0 saturated heterocycles. The molecule has 0 bridgehead atoms. The Morgan fingerprint density at radius 3 is 2.42 bits per heavy atom. The summed E-state index contributed by atoms with van der Waals surface area (Å²) < 4.78 is 32.4. The molecule has 100 valence electrons. The van der Waals surface area contributed by atoms with E-state index in [2.05, 4.69) is 5.32 Å². The number of hydrogen-bond donors (Lipinski definition) is 2. The molecule has 6 heteroatoms. The number of furan rings is 1. The number of rotatable bonds is 4. The van der Waals surface area contributed by atoms with Gasteiger partial charge in [-0.2, -0.15) is 0 Å². The van der Waals surface area contributed by atoms with E-state index in [1.54, 1.807) is 19.1 Å². The zero-order valence-corrected chi connectivity index (χ0v) is 10.0. The van der Waals surface area contributed by atoms with Crippen molar-refractivity contribution in [2.45, 2.75) is 13.5 Å². The van der Waals surface area contributed by atoms with Crippen LogP contribution >= 0.6 is 0 Å².